The number of benzene rings is 1. The molecule has 0 spiro atoms. The number of hydrogen-bond donors (Lipinski definition) is 2. The number of carboxylic acids is 1. The van der Waals surface area contributed by atoms with Gasteiger partial charge in [-0.2, -0.15) is 0 Å². The Bertz CT molecular complexity index is 474. The number of carbonyl (C=O) groups excluding carboxylic acids is 1. The first-order chi connectivity index (χ1) is 9.46. The lowest BCUT2D eigenvalue weighted by molar-refractivity contribution is -0.138. The molecule has 1 aromatic rings. The summed E-state index contributed by atoms with van der Waals surface area (Å²) in [5, 5.41) is 8.85. The van der Waals surface area contributed by atoms with Gasteiger partial charge in [0.1, 0.15) is 11.5 Å². The maximum Gasteiger partial charge on any atom is 0.317 e. The van der Waals surface area contributed by atoms with Crippen molar-refractivity contribution in [3.05, 3.63) is 23.8 Å². The predicted molar refractivity (Wildman–Crippen MR) is 71.7 cm³/mol. The number of carboxylic acid groups (broad SMARTS) is 1. The van der Waals surface area contributed by atoms with Crippen molar-refractivity contribution in [1.29, 1.82) is 0 Å². The fourth-order valence-electron chi connectivity index (χ4n) is 1.83. The van der Waals surface area contributed by atoms with E-state index in [2.05, 4.69) is 0 Å². The minimum absolute atomic E-state index is 0.146. The Kier molecular flexibility index (Phi) is 5.79. The average molecular weight is 282 g/mol. The lowest BCUT2D eigenvalue weighted by atomic mass is 10.1. The average Bonchev–Trinajstić information content (AvgIpc) is 2.37. The van der Waals surface area contributed by atoms with Gasteiger partial charge in [-0.1, -0.05) is 0 Å². The molecule has 0 aliphatic rings. The summed E-state index contributed by atoms with van der Waals surface area (Å²) < 4.78 is 10.3. The third-order valence-corrected chi connectivity index (χ3v) is 2.62. The Labute approximate surface area is 116 Å². The van der Waals surface area contributed by atoms with E-state index in [0.29, 0.717) is 17.1 Å². The fourth-order valence-corrected chi connectivity index (χ4v) is 1.83. The van der Waals surface area contributed by atoms with Crippen LogP contribution in [0, 0.1) is 0 Å². The molecule has 0 atom stereocenters. The molecular weight excluding hydrogens is 264 g/mol. The largest absolute Gasteiger partial charge is 0.497 e. The highest BCUT2D eigenvalue weighted by Gasteiger charge is 2.15. The van der Waals surface area contributed by atoms with Gasteiger partial charge in [0.15, 0.2) is 0 Å². The Morgan fingerprint density at radius 1 is 1.25 bits per heavy atom. The number of hydrogen-bond acceptors (Lipinski definition) is 5. The number of ether oxygens (including phenoxy) is 2. The van der Waals surface area contributed by atoms with E-state index in [-0.39, 0.29) is 19.6 Å². The van der Waals surface area contributed by atoms with Gasteiger partial charge in [0.25, 0.3) is 0 Å². The van der Waals surface area contributed by atoms with Gasteiger partial charge >= 0.3 is 5.97 Å². The molecule has 7 heteroatoms. The summed E-state index contributed by atoms with van der Waals surface area (Å²) in [5.74, 6) is -0.415. The Balaban J connectivity index is 2.95. The van der Waals surface area contributed by atoms with Crippen LogP contribution in [0.2, 0.25) is 0 Å². The summed E-state index contributed by atoms with van der Waals surface area (Å²) in [6.45, 7) is -0.217. The second-order valence-corrected chi connectivity index (χ2v) is 4.18. The Morgan fingerprint density at radius 2 is 1.95 bits per heavy atom. The number of rotatable bonds is 8. The van der Waals surface area contributed by atoms with Crippen molar-refractivity contribution in [2.24, 2.45) is 5.73 Å². The van der Waals surface area contributed by atoms with Crippen LogP contribution < -0.4 is 15.2 Å². The number of amides is 1. The Morgan fingerprint density at radius 3 is 2.45 bits per heavy atom. The summed E-state index contributed by atoms with van der Waals surface area (Å²) in [6, 6.07) is 5.18. The summed E-state index contributed by atoms with van der Waals surface area (Å²) in [5.41, 5.74) is 5.84. The van der Waals surface area contributed by atoms with Gasteiger partial charge < -0.3 is 20.3 Å². The quantitative estimate of drug-likeness (QED) is 0.700. The van der Waals surface area contributed by atoms with E-state index >= 15 is 0 Å². The summed E-state index contributed by atoms with van der Waals surface area (Å²) in [6.07, 6.45) is 0. The highest BCUT2D eigenvalue weighted by molar-refractivity contribution is 5.77. The van der Waals surface area contributed by atoms with E-state index in [1.165, 1.54) is 19.1 Å². The van der Waals surface area contributed by atoms with Crippen molar-refractivity contribution in [1.82, 2.24) is 4.90 Å². The maximum absolute atomic E-state index is 11.0. The topological polar surface area (TPSA) is 102 Å². The van der Waals surface area contributed by atoms with E-state index in [9.17, 15) is 9.59 Å². The van der Waals surface area contributed by atoms with Crippen LogP contribution in [0.4, 0.5) is 0 Å². The lowest BCUT2D eigenvalue weighted by Crippen LogP contribution is -2.36. The van der Waals surface area contributed by atoms with Gasteiger partial charge in [-0.15, -0.1) is 0 Å². The first-order valence-electron chi connectivity index (χ1n) is 5.89. The zero-order chi connectivity index (χ0) is 15.1. The smallest absolute Gasteiger partial charge is 0.317 e. The number of nitrogens with zero attached hydrogens (tertiary/aromatic N) is 1. The number of aliphatic carboxylic acids is 1. The molecule has 0 bridgehead atoms. The van der Waals surface area contributed by atoms with Crippen LogP contribution >= 0.6 is 0 Å². The van der Waals surface area contributed by atoms with Crippen molar-refractivity contribution in [3.8, 4) is 11.5 Å². The zero-order valence-electron chi connectivity index (χ0n) is 11.5. The molecule has 0 aromatic heterocycles. The van der Waals surface area contributed by atoms with Gasteiger partial charge in [0.2, 0.25) is 5.91 Å². The summed E-state index contributed by atoms with van der Waals surface area (Å²) in [4.78, 5) is 23.2. The summed E-state index contributed by atoms with van der Waals surface area (Å²) in [7, 11) is 3.05. The molecule has 0 aliphatic carbocycles. The molecule has 1 rings (SSSR count). The second kappa shape index (κ2) is 7.34. The zero-order valence-corrected chi connectivity index (χ0v) is 11.5. The number of nitrogens with two attached hydrogens (primary N) is 1. The van der Waals surface area contributed by atoms with Crippen LogP contribution in [0.15, 0.2) is 18.2 Å². The molecular formula is C13H18N2O5. The standard InChI is InChI=1S/C13H18N2O5/c1-19-10-3-4-11(20-2)9(5-10)6-15(7-12(14)16)8-13(17)18/h3-5H,6-8H2,1-2H3,(H2,14,16)(H,17,18). The SMILES string of the molecule is COc1ccc(OC)c(CN(CC(N)=O)CC(=O)O)c1. The van der Waals surface area contributed by atoms with E-state index in [1.54, 1.807) is 18.2 Å². The minimum Gasteiger partial charge on any atom is -0.497 e. The van der Waals surface area contributed by atoms with E-state index in [1.807, 2.05) is 0 Å². The molecule has 1 aromatic carbocycles. The highest BCUT2D eigenvalue weighted by Crippen LogP contribution is 2.25. The predicted octanol–water partition coefficient (Wildman–Crippen LogP) is 0.0757. The summed E-state index contributed by atoms with van der Waals surface area (Å²) >= 11 is 0. The third kappa shape index (κ3) is 4.77. The number of carbonyl (C=O) groups is 2. The second-order valence-electron chi connectivity index (χ2n) is 4.18. The molecule has 3 N–H and O–H groups in total. The van der Waals surface area contributed by atoms with Crippen molar-refractivity contribution >= 4 is 11.9 Å². The molecule has 0 radical (unpaired) electrons. The van der Waals surface area contributed by atoms with Gasteiger partial charge in [0.05, 0.1) is 27.3 Å². The first kappa shape index (κ1) is 15.8. The van der Waals surface area contributed by atoms with Crippen molar-refractivity contribution in [3.63, 3.8) is 0 Å². The number of primary amides is 1. The van der Waals surface area contributed by atoms with E-state index in [4.69, 9.17) is 20.3 Å². The fraction of sp³-hybridized carbons (Fsp3) is 0.385. The molecule has 7 nitrogen and oxygen atoms in total. The van der Waals surface area contributed by atoms with E-state index in [0.717, 1.165) is 0 Å². The van der Waals surface area contributed by atoms with Crippen molar-refractivity contribution < 1.29 is 24.2 Å². The van der Waals surface area contributed by atoms with Crippen molar-refractivity contribution in [2.75, 3.05) is 27.3 Å². The molecule has 0 saturated heterocycles. The van der Waals surface area contributed by atoms with Crippen LogP contribution in [-0.4, -0.2) is 49.2 Å². The monoisotopic (exact) mass is 282 g/mol. The first-order valence-corrected chi connectivity index (χ1v) is 5.89. The Hall–Kier alpha value is -2.28. The molecule has 0 saturated carbocycles. The molecule has 110 valence electrons. The van der Waals surface area contributed by atoms with Crippen LogP contribution in [0.3, 0.4) is 0 Å². The van der Waals surface area contributed by atoms with E-state index < -0.39 is 11.9 Å². The van der Waals surface area contributed by atoms with Gasteiger partial charge in [-0.05, 0) is 18.2 Å². The molecule has 0 unspecified atom stereocenters. The normalized spacial score (nSPS) is 10.3. The van der Waals surface area contributed by atoms with Crippen LogP contribution in [0.25, 0.3) is 0 Å². The lowest BCUT2D eigenvalue weighted by Gasteiger charge is -2.20. The van der Waals surface area contributed by atoms with Gasteiger partial charge in [-0.25, -0.2) is 0 Å². The minimum atomic E-state index is -1.03. The number of methoxy groups -OCH3 is 2. The van der Waals surface area contributed by atoms with Crippen LogP contribution in [0.5, 0.6) is 11.5 Å². The van der Waals surface area contributed by atoms with Crippen LogP contribution in [-0.2, 0) is 16.1 Å². The van der Waals surface area contributed by atoms with Crippen LogP contribution in [0.1, 0.15) is 5.56 Å². The molecule has 0 heterocycles. The third-order valence-electron chi connectivity index (χ3n) is 2.62. The molecule has 0 aliphatic heterocycles. The maximum atomic E-state index is 11.0. The van der Waals surface area contributed by atoms with Gasteiger partial charge in [0, 0.05) is 12.1 Å². The van der Waals surface area contributed by atoms with Crippen molar-refractivity contribution in [2.45, 2.75) is 6.54 Å². The molecule has 20 heavy (non-hydrogen) atoms. The molecule has 0 fully saturated rings. The highest BCUT2D eigenvalue weighted by atomic mass is 16.5. The van der Waals surface area contributed by atoms with Gasteiger partial charge in [-0.3, -0.25) is 14.5 Å². The molecule has 1 amide bonds.